The molecule has 0 aliphatic heterocycles. The maximum atomic E-state index is 12.7. The molecular weight excluding hydrogens is 573 g/mol. The quantitative estimate of drug-likeness (QED) is 0.122. The molecule has 11 heteroatoms. The SMILES string of the molecule is CCOc1cc(/C=C(\C#N)C(=O)Nc2ccc(Cl)c([N+](=O)[O-])c2)cc(Br)c1OCc1ccccc1Cl. The summed E-state index contributed by atoms with van der Waals surface area (Å²) in [6, 6.07) is 16.2. The molecule has 184 valence electrons. The van der Waals surface area contributed by atoms with Gasteiger partial charge in [-0.2, -0.15) is 5.26 Å². The van der Waals surface area contributed by atoms with Crippen LogP contribution in [0.15, 0.2) is 64.6 Å². The van der Waals surface area contributed by atoms with Gasteiger partial charge >= 0.3 is 0 Å². The monoisotopic (exact) mass is 589 g/mol. The zero-order chi connectivity index (χ0) is 26.2. The molecule has 0 saturated carbocycles. The molecule has 0 saturated heterocycles. The normalized spacial score (nSPS) is 10.9. The molecule has 0 atom stereocenters. The predicted octanol–water partition coefficient (Wildman–Crippen LogP) is 7.19. The third-order valence-corrected chi connectivity index (χ3v) is 6.02. The van der Waals surface area contributed by atoms with Crippen LogP contribution in [-0.4, -0.2) is 17.4 Å². The lowest BCUT2D eigenvalue weighted by atomic mass is 10.1. The van der Waals surface area contributed by atoms with Gasteiger partial charge in [0.15, 0.2) is 11.5 Å². The molecule has 0 bridgehead atoms. The molecule has 36 heavy (non-hydrogen) atoms. The minimum absolute atomic E-state index is 0.0702. The lowest BCUT2D eigenvalue weighted by Gasteiger charge is -2.15. The molecule has 0 heterocycles. The van der Waals surface area contributed by atoms with Crippen molar-refractivity contribution in [2.24, 2.45) is 0 Å². The molecule has 3 rings (SSSR count). The fraction of sp³-hybridized carbons (Fsp3) is 0.120. The van der Waals surface area contributed by atoms with E-state index in [-0.39, 0.29) is 28.6 Å². The second-order valence-electron chi connectivity index (χ2n) is 7.19. The first-order chi connectivity index (χ1) is 17.2. The Morgan fingerprint density at radius 3 is 2.58 bits per heavy atom. The fourth-order valence-electron chi connectivity index (χ4n) is 3.08. The minimum atomic E-state index is -0.748. The van der Waals surface area contributed by atoms with Gasteiger partial charge in [0.25, 0.3) is 11.6 Å². The highest BCUT2D eigenvalue weighted by molar-refractivity contribution is 9.10. The Balaban J connectivity index is 1.86. The summed E-state index contributed by atoms with van der Waals surface area (Å²) in [4.78, 5) is 23.1. The molecule has 0 aliphatic carbocycles. The molecule has 1 N–H and O–H groups in total. The van der Waals surface area contributed by atoms with Crippen molar-refractivity contribution in [3.63, 3.8) is 0 Å². The molecule has 0 spiro atoms. The van der Waals surface area contributed by atoms with E-state index in [9.17, 15) is 20.2 Å². The molecule has 1 amide bonds. The van der Waals surface area contributed by atoms with E-state index in [0.29, 0.717) is 33.2 Å². The molecular formula is C25H18BrCl2N3O5. The summed E-state index contributed by atoms with van der Waals surface area (Å²) in [5.74, 6) is 0.0869. The highest BCUT2D eigenvalue weighted by atomic mass is 79.9. The van der Waals surface area contributed by atoms with Crippen LogP contribution in [0.3, 0.4) is 0 Å². The number of nitrogens with zero attached hydrogens (tertiary/aromatic N) is 2. The van der Waals surface area contributed by atoms with E-state index in [0.717, 1.165) is 11.6 Å². The topological polar surface area (TPSA) is 114 Å². The average Bonchev–Trinajstić information content (AvgIpc) is 2.84. The highest BCUT2D eigenvalue weighted by Crippen LogP contribution is 2.38. The predicted molar refractivity (Wildman–Crippen MR) is 141 cm³/mol. The smallest absolute Gasteiger partial charge is 0.289 e. The largest absolute Gasteiger partial charge is 0.490 e. The van der Waals surface area contributed by atoms with Gasteiger partial charge < -0.3 is 14.8 Å². The lowest BCUT2D eigenvalue weighted by Crippen LogP contribution is -2.13. The Morgan fingerprint density at radius 1 is 1.17 bits per heavy atom. The summed E-state index contributed by atoms with van der Waals surface area (Å²) >= 11 is 15.5. The minimum Gasteiger partial charge on any atom is -0.490 e. The molecule has 3 aromatic rings. The van der Waals surface area contributed by atoms with Gasteiger partial charge in [0.1, 0.15) is 23.3 Å². The van der Waals surface area contributed by atoms with Crippen molar-refractivity contribution in [3.05, 3.63) is 95.9 Å². The fourth-order valence-corrected chi connectivity index (χ4v) is 4.03. The summed E-state index contributed by atoms with van der Waals surface area (Å²) < 4.78 is 12.2. The van der Waals surface area contributed by atoms with E-state index in [1.54, 1.807) is 18.2 Å². The van der Waals surface area contributed by atoms with Gasteiger partial charge in [0, 0.05) is 22.3 Å². The van der Waals surface area contributed by atoms with Crippen molar-refractivity contribution < 1.29 is 19.2 Å². The Kier molecular flexibility index (Phi) is 9.31. The van der Waals surface area contributed by atoms with Gasteiger partial charge in [-0.25, -0.2) is 0 Å². The Bertz CT molecular complexity index is 1390. The van der Waals surface area contributed by atoms with E-state index >= 15 is 0 Å². The van der Waals surface area contributed by atoms with Crippen LogP contribution in [0.4, 0.5) is 11.4 Å². The summed E-state index contributed by atoms with van der Waals surface area (Å²) in [6.07, 6.45) is 1.37. The first-order valence-corrected chi connectivity index (χ1v) is 12.0. The van der Waals surface area contributed by atoms with Crippen LogP contribution in [-0.2, 0) is 11.4 Å². The van der Waals surface area contributed by atoms with Gasteiger partial charge in [-0.05, 0) is 64.8 Å². The summed E-state index contributed by atoms with van der Waals surface area (Å²) in [7, 11) is 0. The van der Waals surface area contributed by atoms with Gasteiger partial charge in [-0.15, -0.1) is 0 Å². The van der Waals surface area contributed by atoms with Crippen molar-refractivity contribution in [1.29, 1.82) is 5.26 Å². The van der Waals surface area contributed by atoms with Gasteiger partial charge in [0.05, 0.1) is 16.0 Å². The number of nitriles is 1. The Labute approximate surface area is 225 Å². The number of amides is 1. The molecule has 0 aromatic heterocycles. The van der Waals surface area contributed by atoms with Crippen molar-refractivity contribution >= 4 is 62.5 Å². The zero-order valence-electron chi connectivity index (χ0n) is 18.8. The number of rotatable bonds is 9. The molecule has 8 nitrogen and oxygen atoms in total. The third kappa shape index (κ3) is 6.76. The van der Waals surface area contributed by atoms with E-state index in [2.05, 4.69) is 21.2 Å². The number of hydrogen-bond donors (Lipinski definition) is 1. The number of anilines is 1. The highest BCUT2D eigenvalue weighted by Gasteiger charge is 2.17. The molecule has 3 aromatic carbocycles. The lowest BCUT2D eigenvalue weighted by molar-refractivity contribution is -0.384. The van der Waals surface area contributed by atoms with E-state index in [4.69, 9.17) is 32.7 Å². The van der Waals surface area contributed by atoms with E-state index in [1.807, 2.05) is 31.2 Å². The number of nitro groups is 1. The molecule has 0 fully saturated rings. The summed E-state index contributed by atoms with van der Waals surface area (Å²) in [5.41, 5.74) is 0.811. The standard InChI is InChI=1S/C25H18BrCl2N3O5/c1-2-35-23-11-15(10-19(26)24(23)36-14-16-5-3-4-6-20(16)27)9-17(13-29)25(32)30-18-7-8-21(28)22(12-18)31(33)34/h3-12H,2,14H2,1H3,(H,30,32)/b17-9+. The number of carbonyl (C=O) groups excluding carboxylic acids is 1. The van der Waals surface area contributed by atoms with Crippen molar-refractivity contribution in [3.8, 4) is 17.6 Å². The van der Waals surface area contributed by atoms with Crippen LogP contribution in [0, 0.1) is 21.4 Å². The van der Waals surface area contributed by atoms with Crippen LogP contribution in [0.5, 0.6) is 11.5 Å². The van der Waals surface area contributed by atoms with E-state index in [1.165, 1.54) is 18.2 Å². The van der Waals surface area contributed by atoms with Crippen molar-refractivity contribution in [1.82, 2.24) is 0 Å². The number of halogens is 3. The number of benzene rings is 3. The van der Waals surface area contributed by atoms with Gasteiger partial charge in [-0.1, -0.05) is 41.4 Å². The maximum absolute atomic E-state index is 12.7. The Hall–Kier alpha value is -3.58. The number of hydrogen-bond acceptors (Lipinski definition) is 6. The first-order valence-electron chi connectivity index (χ1n) is 10.4. The van der Waals surface area contributed by atoms with E-state index < -0.39 is 10.8 Å². The number of ether oxygens (including phenoxy) is 2. The molecule has 0 aliphatic rings. The number of nitrogens with one attached hydrogen (secondary N) is 1. The van der Waals surface area contributed by atoms with Crippen LogP contribution in [0.2, 0.25) is 10.0 Å². The summed E-state index contributed by atoms with van der Waals surface area (Å²) in [6.45, 7) is 2.36. The Morgan fingerprint density at radius 2 is 1.92 bits per heavy atom. The van der Waals surface area contributed by atoms with Crippen molar-refractivity contribution in [2.75, 3.05) is 11.9 Å². The zero-order valence-corrected chi connectivity index (χ0v) is 21.9. The second kappa shape index (κ2) is 12.4. The first kappa shape index (κ1) is 27.0. The maximum Gasteiger partial charge on any atom is 0.289 e. The molecule has 0 unspecified atom stereocenters. The number of carbonyl (C=O) groups is 1. The van der Waals surface area contributed by atoms with Crippen molar-refractivity contribution in [2.45, 2.75) is 13.5 Å². The van der Waals surface area contributed by atoms with Gasteiger partial charge in [-0.3, -0.25) is 14.9 Å². The average molecular weight is 591 g/mol. The second-order valence-corrected chi connectivity index (χ2v) is 8.86. The van der Waals surface area contributed by atoms with Gasteiger partial charge in [0.2, 0.25) is 0 Å². The van der Waals surface area contributed by atoms with Crippen LogP contribution in [0.25, 0.3) is 6.08 Å². The van der Waals surface area contributed by atoms with Crippen LogP contribution < -0.4 is 14.8 Å². The van der Waals surface area contributed by atoms with Crippen LogP contribution in [0.1, 0.15) is 18.1 Å². The summed E-state index contributed by atoms with van der Waals surface area (Å²) in [5, 5.41) is 23.6. The van der Waals surface area contributed by atoms with Crippen LogP contribution >= 0.6 is 39.1 Å². The third-order valence-electron chi connectivity index (χ3n) is 4.74. The molecule has 0 radical (unpaired) electrons. The number of nitro benzene ring substituents is 1.